The first-order valence-corrected chi connectivity index (χ1v) is 15.4. The number of methoxy groups -OCH3 is 1. The summed E-state index contributed by atoms with van der Waals surface area (Å²) in [6.45, 7) is 9.88. The zero-order chi connectivity index (χ0) is 34.0. The third kappa shape index (κ3) is 8.41. The van der Waals surface area contributed by atoms with E-state index in [0.29, 0.717) is 40.7 Å². The number of hydrogen-bond acceptors (Lipinski definition) is 7. The predicted octanol–water partition coefficient (Wildman–Crippen LogP) is 7.09. The summed E-state index contributed by atoms with van der Waals surface area (Å²) in [5.74, 6) is 1.28. The second-order valence-corrected chi connectivity index (χ2v) is 11.1. The Kier molecular flexibility index (Phi) is 10.8. The molecule has 0 unspecified atom stereocenters. The SMILES string of the molecule is C=CCc1cc(/C=N/NC(=O)c2ccc(COc3ccc(-n4c(C)ccc4C)cc3)o2)cc(OC)c1OCC(=O)Nc1ccc(C)cc1. The lowest BCUT2D eigenvalue weighted by Gasteiger charge is -2.15. The van der Waals surface area contributed by atoms with Gasteiger partial charge in [0.25, 0.3) is 5.91 Å². The predicted molar refractivity (Wildman–Crippen MR) is 186 cm³/mol. The number of carbonyl (C=O) groups is 2. The Bertz CT molecular complexity index is 1900. The van der Waals surface area contributed by atoms with Crippen LogP contribution in [-0.4, -0.2) is 36.3 Å². The van der Waals surface area contributed by atoms with Gasteiger partial charge in [0.1, 0.15) is 18.1 Å². The minimum Gasteiger partial charge on any atom is -0.493 e. The maximum absolute atomic E-state index is 12.7. The van der Waals surface area contributed by atoms with E-state index in [1.165, 1.54) is 13.3 Å². The maximum Gasteiger partial charge on any atom is 0.307 e. The quantitative estimate of drug-likeness (QED) is 0.0756. The van der Waals surface area contributed by atoms with Gasteiger partial charge < -0.3 is 28.5 Å². The van der Waals surface area contributed by atoms with Gasteiger partial charge in [-0.25, -0.2) is 5.43 Å². The third-order valence-corrected chi connectivity index (χ3v) is 7.43. The largest absolute Gasteiger partial charge is 0.493 e. The van der Waals surface area contributed by atoms with E-state index in [1.54, 1.807) is 24.3 Å². The van der Waals surface area contributed by atoms with Crippen molar-refractivity contribution in [2.45, 2.75) is 33.8 Å². The molecule has 48 heavy (non-hydrogen) atoms. The molecule has 0 aliphatic rings. The van der Waals surface area contributed by atoms with E-state index in [0.717, 1.165) is 28.2 Å². The number of nitrogens with zero attached hydrogens (tertiary/aromatic N) is 2. The molecule has 3 aromatic carbocycles. The number of benzene rings is 3. The van der Waals surface area contributed by atoms with Crippen LogP contribution in [0, 0.1) is 20.8 Å². The molecule has 0 aliphatic heterocycles. The summed E-state index contributed by atoms with van der Waals surface area (Å²) >= 11 is 0. The number of hydrogen-bond donors (Lipinski definition) is 2. The Balaban J connectivity index is 1.16. The van der Waals surface area contributed by atoms with Crippen LogP contribution in [0.3, 0.4) is 0 Å². The van der Waals surface area contributed by atoms with Gasteiger partial charge in [0.15, 0.2) is 23.9 Å². The van der Waals surface area contributed by atoms with Crippen LogP contribution in [0.2, 0.25) is 0 Å². The Morgan fingerprint density at radius 1 is 0.917 bits per heavy atom. The molecule has 0 bridgehead atoms. The lowest BCUT2D eigenvalue weighted by molar-refractivity contribution is -0.118. The summed E-state index contributed by atoms with van der Waals surface area (Å²) < 4.78 is 25.1. The van der Waals surface area contributed by atoms with Gasteiger partial charge in [-0.05, 0) is 106 Å². The van der Waals surface area contributed by atoms with Gasteiger partial charge >= 0.3 is 5.91 Å². The molecule has 0 spiro atoms. The van der Waals surface area contributed by atoms with Gasteiger partial charge in [-0.1, -0.05) is 23.8 Å². The molecular weight excluding hydrogens is 608 g/mol. The molecule has 10 nitrogen and oxygen atoms in total. The van der Waals surface area contributed by atoms with Gasteiger partial charge in [-0.3, -0.25) is 9.59 Å². The third-order valence-electron chi connectivity index (χ3n) is 7.43. The lowest BCUT2D eigenvalue weighted by atomic mass is 10.1. The number of furan rings is 1. The smallest absolute Gasteiger partial charge is 0.307 e. The van der Waals surface area contributed by atoms with Crippen LogP contribution in [-0.2, 0) is 17.8 Å². The highest BCUT2D eigenvalue weighted by atomic mass is 16.5. The number of hydrazone groups is 1. The van der Waals surface area contributed by atoms with Gasteiger partial charge in [0.2, 0.25) is 0 Å². The normalized spacial score (nSPS) is 10.9. The first-order chi connectivity index (χ1) is 23.2. The standard InChI is InChI=1S/C38H38N4O6/c1-6-7-29-20-28(21-35(45-5)37(29)47-24-36(43)40-30-12-8-25(2)9-13-30)22-39-41-38(44)34-19-18-33(48-34)23-46-32-16-14-31(15-17-32)42-26(3)10-11-27(42)4/h6,8-22H,1,7,23-24H2,2-5H3,(H,40,43)(H,41,44)/b39-22+. The summed E-state index contributed by atoms with van der Waals surface area (Å²) in [6, 6.07) is 26.2. The maximum atomic E-state index is 12.7. The van der Waals surface area contributed by atoms with Crippen molar-refractivity contribution in [1.29, 1.82) is 0 Å². The van der Waals surface area contributed by atoms with Gasteiger partial charge in [-0.15, -0.1) is 6.58 Å². The Labute approximate surface area is 279 Å². The van der Waals surface area contributed by atoms with Crippen molar-refractivity contribution in [2.75, 3.05) is 19.0 Å². The highest BCUT2D eigenvalue weighted by Crippen LogP contribution is 2.33. The number of aryl methyl sites for hydroxylation is 3. The molecular formula is C38H38N4O6. The fraction of sp³-hybridized carbons (Fsp3) is 0.184. The van der Waals surface area contributed by atoms with Crippen molar-refractivity contribution in [1.82, 2.24) is 9.99 Å². The number of aromatic nitrogens is 1. The molecule has 246 valence electrons. The van der Waals surface area contributed by atoms with Crippen molar-refractivity contribution in [2.24, 2.45) is 5.10 Å². The lowest BCUT2D eigenvalue weighted by Crippen LogP contribution is -2.20. The number of amides is 2. The van der Waals surface area contributed by atoms with Crippen molar-refractivity contribution >= 4 is 23.7 Å². The number of allylic oxidation sites excluding steroid dienone is 1. The van der Waals surface area contributed by atoms with Crippen molar-refractivity contribution in [3.05, 3.63) is 137 Å². The average molecular weight is 647 g/mol. The van der Waals surface area contributed by atoms with Crippen LogP contribution < -0.4 is 25.0 Å². The molecule has 2 aromatic heterocycles. The van der Waals surface area contributed by atoms with Crippen LogP contribution >= 0.6 is 0 Å². The van der Waals surface area contributed by atoms with Crippen LogP contribution in [0.15, 0.2) is 107 Å². The molecule has 5 rings (SSSR count). The first-order valence-electron chi connectivity index (χ1n) is 15.4. The molecule has 0 saturated carbocycles. The van der Waals surface area contributed by atoms with Crippen molar-refractivity contribution < 1.29 is 28.2 Å². The number of carbonyl (C=O) groups excluding carboxylic acids is 2. The highest BCUT2D eigenvalue weighted by Gasteiger charge is 2.15. The fourth-order valence-electron chi connectivity index (χ4n) is 5.07. The van der Waals surface area contributed by atoms with E-state index in [9.17, 15) is 9.59 Å². The van der Waals surface area contributed by atoms with E-state index >= 15 is 0 Å². The average Bonchev–Trinajstić information content (AvgIpc) is 3.70. The molecule has 2 N–H and O–H groups in total. The number of nitrogens with one attached hydrogen (secondary N) is 2. The zero-order valence-corrected chi connectivity index (χ0v) is 27.4. The monoisotopic (exact) mass is 646 g/mol. The van der Waals surface area contributed by atoms with Crippen molar-refractivity contribution in [3.8, 4) is 22.9 Å². The van der Waals surface area contributed by atoms with Crippen LogP contribution in [0.25, 0.3) is 5.69 Å². The van der Waals surface area contributed by atoms with E-state index in [-0.39, 0.29) is 24.9 Å². The van der Waals surface area contributed by atoms with Gasteiger partial charge in [-0.2, -0.15) is 5.10 Å². The van der Waals surface area contributed by atoms with E-state index in [2.05, 4.69) is 53.0 Å². The summed E-state index contributed by atoms with van der Waals surface area (Å²) in [6.07, 6.45) is 3.65. The van der Waals surface area contributed by atoms with Gasteiger partial charge in [0, 0.05) is 28.3 Å². The van der Waals surface area contributed by atoms with Crippen LogP contribution in [0.1, 0.15) is 44.4 Å². The summed E-state index contributed by atoms with van der Waals surface area (Å²) in [5.41, 5.74) is 9.00. The number of rotatable bonds is 14. The molecule has 5 aromatic rings. The summed E-state index contributed by atoms with van der Waals surface area (Å²) in [5, 5.41) is 6.91. The topological polar surface area (TPSA) is 116 Å². The second-order valence-electron chi connectivity index (χ2n) is 11.1. The molecule has 0 atom stereocenters. The minimum atomic E-state index is -0.517. The molecule has 0 saturated heterocycles. The summed E-state index contributed by atoms with van der Waals surface area (Å²) in [7, 11) is 1.51. The molecule has 10 heteroatoms. The number of ether oxygens (including phenoxy) is 3. The van der Waals surface area contributed by atoms with Crippen molar-refractivity contribution in [3.63, 3.8) is 0 Å². The zero-order valence-electron chi connectivity index (χ0n) is 27.4. The minimum absolute atomic E-state index is 0.0947. The Morgan fingerprint density at radius 2 is 1.65 bits per heavy atom. The van der Waals surface area contributed by atoms with E-state index in [1.807, 2.05) is 61.5 Å². The summed E-state index contributed by atoms with van der Waals surface area (Å²) in [4.78, 5) is 25.2. The molecule has 2 heterocycles. The molecule has 2 amide bonds. The van der Waals surface area contributed by atoms with Crippen LogP contribution in [0.5, 0.6) is 17.2 Å². The highest BCUT2D eigenvalue weighted by molar-refractivity contribution is 5.93. The Hall–Kier alpha value is -6.03. The van der Waals surface area contributed by atoms with E-state index in [4.69, 9.17) is 18.6 Å². The second kappa shape index (κ2) is 15.5. The molecule has 0 fully saturated rings. The first kappa shape index (κ1) is 33.3. The van der Waals surface area contributed by atoms with E-state index < -0.39 is 5.91 Å². The van der Waals surface area contributed by atoms with Gasteiger partial charge in [0.05, 0.1) is 13.3 Å². The Morgan fingerprint density at radius 3 is 2.33 bits per heavy atom. The van der Waals surface area contributed by atoms with Crippen LogP contribution in [0.4, 0.5) is 5.69 Å². The fourth-order valence-corrected chi connectivity index (χ4v) is 5.07. The number of anilines is 1. The molecule has 0 aliphatic carbocycles. The molecule has 0 radical (unpaired) electrons.